The normalized spacial score (nSPS) is 16.1. The molecule has 0 saturated carbocycles. The van der Waals surface area contributed by atoms with Gasteiger partial charge in [-0.25, -0.2) is 0 Å². The Balaban J connectivity index is 0.000000188. The molecule has 0 saturated heterocycles. The molecule has 42 heavy (non-hydrogen) atoms. The molecule has 0 radical (unpaired) electrons. The van der Waals surface area contributed by atoms with Crippen LogP contribution >= 0.6 is 23.2 Å². The number of hydrogen-bond acceptors (Lipinski definition) is 6. The van der Waals surface area contributed by atoms with Gasteiger partial charge in [0.05, 0.1) is 9.79 Å². The Labute approximate surface area is 270 Å². The molecule has 0 bridgehead atoms. The molecule has 0 unspecified atom stereocenters. The van der Waals surface area contributed by atoms with E-state index in [1.165, 1.54) is 24.3 Å². The molecular formula is C29H25Cl2O8S2Tl. The number of Topliss-reactive ketones (excluding diaryl/α,β-unsaturated/α-hetero) is 1. The molecule has 1 heterocycles. The molecule has 0 spiro atoms. The van der Waals surface area contributed by atoms with E-state index in [4.69, 9.17) is 37.0 Å². The SMILES string of the molecule is Cc1ccc(S(=O)(=O)O)cc1.Cc1ccc(S(=O)(=O)O)cc1.O=C1c2cc(Cl)ccc2O[C@@H](c2ccc(Cl)cc2)[C@@H]1[Tl]. The zero-order valence-corrected chi connectivity index (χ0v) is 29.9. The van der Waals surface area contributed by atoms with Crippen LogP contribution in [0.5, 0.6) is 5.75 Å². The second kappa shape index (κ2) is 14.4. The predicted molar refractivity (Wildman–Crippen MR) is 162 cm³/mol. The fourth-order valence-corrected chi connectivity index (χ4v) is 6.80. The summed E-state index contributed by atoms with van der Waals surface area (Å²) in [7, 11) is -8.04. The molecule has 0 fully saturated rings. The van der Waals surface area contributed by atoms with Gasteiger partial charge in [-0.3, -0.25) is 9.11 Å². The zero-order chi connectivity index (χ0) is 31.2. The standard InChI is InChI=1S/C15H9Cl2O2.2C7H8O3S.Tl/c16-10-3-1-9(2-4-10)15-8-13(18)12-7-11(17)5-6-14(12)19-15;2*1-6-2-4-7(5-3-6)11(8,9)10;/h1-8,15H;2*2-5H,1H3,(H,8,9,10);/t15-;;;/m1.../s1. The van der Waals surface area contributed by atoms with E-state index in [2.05, 4.69) is 0 Å². The molecule has 1 aliphatic rings. The monoisotopic (exact) mass is 840 g/mol. The average molecular weight is 841 g/mol. The van der Waals surface area contributed by atoms with Crippen LogP contribution in [0.2, 0.25) is 13.5 Å². The number of ketones is 1. The number of aryl methyl sites for hydroxylation is 2. The van der Waals surface area contributed by atoms with Gasteiger partial charge in [-0.05, 0) is 38.1 Å². The van der Waals surface area contributed by atoms with Crippen LogP contribution in [0.4, 0.5) is 0 Å². The molecule has 218 valence electrons. The van der Waals surface area contributed by atoms with Crippen molar-refractivity contribution in [1.29, 1.82) is 0 Å². The van der Waals surface area contributed by atoms with E-state index < -0.39 is 20.2 Å². The molecule has 2 N–H and O–H groups in total. The van der Waals surface area contributed by atoms with Crippen molar-refractivity contribution in [2.75, 3.05) is 0 Å². The summed E-state index contributed by atoms with van der Waals surface area (Å²) < 4.78 is 65.0. The third kappa shape index (κ3) is 9.59. The van der Waals surface area contributed by atoms with E-state index in [1.807, 2.05) is 38.1 Å². The van der Waals surface area contributed by atoms with Gasteiger partial charge in [-0.1, -0.05) is 35.4 Å². The number of ether oxygens (including phenoxy) is 1. The molecule has 2 atom stereocenters. The van der Waals surface area contributed by atoms with Crippen LogP contribution in [0, 0.1) is 13.8 Å². The first-order chi connectivity index (χ1) is 19.6. The first-order valence-corrected chi connectivity index (χ1v) is 18.4. The van der Waals surface area contributed by atoms with Gasteiger partial charge < -0.3 is 0 Å². The first-order valence-electron chi connectivity index (χ1n) is 12.2. The predicted octanol–water partition coefficient (Wildman–Crippen LogP) is 6.75. The zero-order valence-electron chi connectivity index (χ0n) is 22.3. The Hall–Kier alpha value is -2.33. The van der Waals surface area contributed by atoms with E-state index in [9.17, 15) is 21.6 Å². The number of benzene rings is 4. The van der Waals surface area contributed by atoms with Crippen LogP contribution in [-0.2, 0) is 20.2 Å². The van der Waals surface area contributed by atoms with Crippen LogP contribution in [0.15, 0.2) is 101 Å². The van der Waals surface area contributed by atoms with Gasteiger partial charge in [0.2, 0.25) is 0 Å². The summed E-state index contributed by atoms with van der Waals surface area (Å²) >= 11 is 12.3. The molecule has 13 heteroatoms. The van der Waals surface area contributed by atoms with Crippen molar-refractivity contribution in [2.24, 2.45) is 0 Å². The van der Waals surface area contributed by atoms with Crippen molar-refractivity contribution in [3.05, 3.63) is 123 Å². The molecular weight excluding hydrogens is 816 g/mol. The third-order valence-electron chi connectivity index (χ3n) is 5.93. The Kier molecular flexibility index (Phi) is 11.7. The fourth-order valence-electron chi connectivity index (χ4n) is 3.67. The second-order valence-electron chi connectivity index (χ2n) is 9.20. The molecule has 4 aromatic rings. The van der Waals surface area contributed by atoms with E-state index in [-0.39, 0.29) is 25.2 Å². The molecule has 0 aliphatic carbocycles. The number of carbonyl (C=O) groups excluding carboxylic acids is 1. The fraction of sp³-hybridized carbons (Fsp3) is 0.138. The molecule has 4 aromatic carbocycles. The van der Waals surface area contributed by atoms with E-state index in [0.29, 0.717) is 47.1 Å². The number of hydrogen-bond donors (Lipinski definition) is 2. The van der Waals surface area contributed by atoms with Gasteiger partial charge >= 0.3 is 143 Å². The topological polar surface area (TPSA) is 135 Å². The summed E-state index contributed by atoms with van der Waals surface area (Å²) in [5.41, 5.74) is 3.49. The number of carbonyl (C=O) groups is 1. The molecule has 0 amide bonds. The van der Waals surface area contributed by atoms with E-state index in [0.717, 1.165) is 16.7 Å². The average Bonchev–Trinajstić information content (AvgIpc) is 2.92. The van der Waals surface area contributed by atoms with Gasteiger partial charge in [0.15, 0.2) is 0 Å². The van der Waals surface area contributed by atoms with Crippen LogP contribution in [0.25, 0.3) is 0 Å². The van der Waals surface area contributed by atoms with Crippen LogP contribution in [0.1, 0.15) is 33.2 Å². The maximum atomic E-state index is 12.5. The molecule has 0 aromatic heterocycles. The van der Waals surface area contributed by atoms with Gasteiger partial charge in [-0.2, -0.15) is 16.8 Å². The van der Waals surface area contributed by atoms with Crippen molar-refractivity contribution in [1.82, 2.24) is 0 Å². The first kappa shape index (κ1) is 34.2. The summed E-state index contributed by atoms with van der Waals surface area (Å²) in [6.07, 6.45) is -0.224. The van der Waals surface area contributed by atoms with Crippen LogP contribution in [-0.4, -0.2) is 57.5 Å². The van der Waals surface area contributed by atoms with E-state index in [1.54, 1.807) is 42.5 Å². The van der Waals surface area contributed by atoms with Gasteiger partial charge in [-0.15, -0.1) is 0 Å². The Morgan fingerprint density at radius 3 is 1.55 bits per heavy atom. The number of fused-ring (bicyclic) bond motifs is 1. The Bertz CT molecular complexity index is 1690. The third-order valence-corrected chi connectivity index (χ3v) is 10.7. The molecule has 8 nitrogen and oxygen atoms in total. The van der Waals surface area contributed by atoms with Gasteiger partial charge in [0.25, 0.3) is 20.2 Å². The van der Waals surface area contributed by atoms with Crippen molar-refractivity contribution in [3.8, 4) is 5.75 Å². The van der Waals surface area contributed by atoms with Crippen molar-refractivity contribution >= 4 is 75.0 Å². The van der Waals surface area contributed by atoms with Gasteiger partial charge in [0.1, 0.15) is 0 Å². The van der Waals surface area contributed by atoms with Crippen LogP contribution < -0.4 is 4.74 Å². The quantitative estimate of drug-likeness (QED) is 0.171. The maximum absolute atomic E-state index is 12.5. The molecule has 1 aliphatic heterocycles. The van der Waals surface area contributed by atoms with Gasteiger partial charge in [0, 0.05) is 0 Å². The summed E-state index contributed by atoms with van der Waals surface area (Å²) in [6.45, 7) is 3.68. The summed E-state index contributed by atoms with van der Waals surface area (Å²) in [5, 5.41) is 1.23. The minimum atomic E-state index is -4.02. The minimum absolute atomic E-state index is 0.0666. The van der Waals surface area contributed by atoms with Crippen molar-refractivity contribution in [2.45, 2.75) is 33.2 Å². The van der Waals surface area contributed by atoms with Crippen LogP contribution in [0.3, 0.4) is 0 Å². The summed E-state index contributed by atoms with van der Waals surface area (Å²) in [6, 6.07) is 24.6. The molecule has 5 rings (SSSR count). The second-order valence-corrected chi connectivity index (χ2v) is 15.7. The summed E-state index contributed by atoms with van der Waals surface area (Å²) in [4.78, 5) is 12.4. The Morgan fingerprint density at radius 2 is 1.12 bits per heavy atom. The number of rotatable bonds is 3. The van der Waals surface area contributed by atoms with Crippen molar-refractivity contribution in [3.63, 3.8) is 0 Å². The number of halogens is 2. The Morgan fingerprint density at radius 1 is 0.690 bits per heavy atom. The summed E-state index contributed by atoms with van der Waals surface area (Å²) in [5.74, 6) is 0.731. The van der Waals surface area contributed by atoms with Crippen molar-refractivity contribution < 1.29 is 35.5 Å². The van der Waals surface area contributed by atoms with E-state index >= 15 is 0 Å².